The van der Waals surface area contributed by atoms with Gasteiger partial charge >= 0.3 is 0 Å². The molecule has 1 fully saturated rings. The Bertz CT molecular complexity index is 1030. The topological polar surface area (TPSA) is 57.9 Å². The molecule has 4 rings (SSSR count). The van der Waals surface area contributed by atoms with E-state index < -0.39 is 0 Å². The first-order valence-electron chi connectivity index (χ1n) is 11.7. The highest BCUT2D eigenvalue weighted by molar-refractivity contribution is 14.0. The van der Waals surface area contributed by atoms with Crippen LogP contribution in [-0.2, 0) is 13.0 Å². The predicted molar refractivity (Wildman–Crippen MR) is 150 cm³/mol. The van der Waals surface area contributed by atoms with E-state index in [9.17, 15) is 0 Å². The molecule has 1 aliphatic heterocycles. The zero-order chi connectivity index (χ0) is 22.9. The van der Waals surface area contributed by atoms with E-state index in [1.165, 1.54) is 5.56 Å². The molecule has 0 saturated carbocycles. The number of benzene rings is 2. The number of nitrogens with one attached hydrogen (secondary N) is 1. The van der Waals surface area contributed by atoms with Gasteiger partial charge in [0.2, 0.25) is 0 Å². The maximum absolute atomic E-state index is 5.55. The first-order chi connectivity index (χ1) is 16.3. The third-order valence-corrected chi connectivity index (χ3v) is 5.93. The van der Waals surface area contributed by atoms with Crippen molar-refractivity contribution in [3.63, 3.8) is 0 Å². The van der Waals surface area contributed by atoms with Crippen molar-refractivity contribution in [3.05, 3.63) is 78.4 Å². The van der Waals surface area contributed by atoms with Crippen LogP contribution in [0.15, 0.2) is 72.0 Å². The molecule has 1 aromatic heterocycles. The number of methoxy groups -OCH3 is 1. The lowest BCUT2D eigenvalue weighted by molar-refractivity contribution is 0.367. The van der Waals surface area contributed by atoms with E-state index in [-0.39, 0.29) is 24.0 Å². The largest absolute Gasteiger partial charge is 0.495 e. The maximum Gasteiger partial charge on any atom is 0.194 e. The summed E-state index contributed by atoms with van der Waals surface area (Å²) in [6, 6.07) is 18.7. The molecular formula is C26H35IN6O. The van der Waals surface area contributed by atoms with Crippen molar-refractivity contribution in [3.8, 4) is 5.75 Å². The first kappa shape index (κ1) is 25.9. The van der Waals surface area contributed by atoms with Crippen molar-refractivity contribution in [1.82, 2.24) is 19.8 Å². The van der Waals surface area contributed by atoms with Gasteiger partial charge in [0.15, 0.2) is 5.96 Å². The number of para-hydroxylation sites is 2. The molecule has 0 unspecified atom stereocenters. The fourth-order valence-electron chi connectivity index (χ4n) is 4.23. The van der Waals surface area contributed by atoms with E-state index in [0.29, 0.717) is 6.54 Å². The first-order valence-corrected chi connectivity index (χ1v) is 11.7. The quantitative estimate of drug-likeness (QED) is 0.252. The van der Waals surface area contributed by atoms with Gasteiger partial charge in [0.25, 0.3) is 0 Å². The number of guanidine groups is 1. The van der Waals surface area contributed by atoms with Crippen LogP contribution in [0.3, 0.4) is 0 Å². The van der Waals surface area contributed by atoms with Crippen LogP contribution in [0.5, 0.6) is 5.75 Å². The highest BCUT2D eigenvalue weighted by atomic mass is 127. The Kier molecular flexibility index (Phi) is 10.1. The highest BCUT2D eigenvalue weighted by Gasteiger charge is 2.21. The van der Waals surface area contributed by atoms with Crippen LogP contribution in [0.1, 0.15) is 18.3 Å². The minimum absolute atomic E-state index is 0. The minimum atomic E-state index is 0. The lowest BCUT2D eigenvalue weighted by Crippen LogP contribution is -2.52. The van der Waals surface area contributed by atoms with Gasteiger partial charge in [-0.1, -0.05) is 42.5 Å². The predicted octanol–water partition coefficient (Wildman–Crippen LogP) is 3.89. The molecule has 0 spiro atoms. The lowest BCUT2D eigenvalue weighted by atomic mass is 10.2. The summed E-state index contributed by atoms with van der Waals surface area (Å²) in [6.45, 7) is 8.24. The molecule has 7 nitrogen and oxygen atoms in total. The smallest absolute Gasteiger partial charge is 0.194 e. The SMILES string of the molecule is CCNC(=NCCc1nccn1Cc1ccccc1)N1CCN(c2ccccc2OC)CC1.I. The number of piperazine rings is 1. The molecule has 0 radical (unpaired) electrons. The molecule has 2 aromatic carbocycles. The van der Waals surface area contributed by atoms with Gasteiger partial charge in [0.1, 0.15) is 11.6 Å². The summed E-state index contributed by atoms with van der Waals surface area (Å²) in [5, 5.41) is 3.47. The van der Waals surface area contributed by atoms with E-state index in [4.69, 9.17) is 9.73 Å². The summed E-state index contributed by atoms with van der Waals surface area (Å²) in [6.07, 6.45) is 4.74. The van der Waals surface area contributed by atoms with E-state index >= 15 is 0 Å². The van der Waals surface area contributed by atoms with Gasteiger partial charge in [-0.15, -0.1) is 24.0 Å². The molecule has 0 amide bonds. The monoisotopic (exact) mass is 574 g/mol. The van der Waals surface area contributed by atoms with Crippen LogP contribution in [0.25, 0.3) is 0 Å². The third-order valence-electron chi connectivity index (χ3n) is 5.93. The summed E-state index contributed by atoms with van der Waals surface area (Å²) in [4.78, 5) is 14.2. The van der Waals surface area contributed by atoms with Crippen molar-refractivity contribution < 1.29 is 4.74 Å². The molecule has 8 heteroatoms. The van der Waals surface area contributed by atoms with Gasteiger partial charge in [-0.05, 0) is 24.6 Å². The van der Waals surface area contributed by atoms with Gasteiger partial charge in [0, 0.05) is 64.6 Å². The summed E-state index contributed by atoms with van der Waals surface area (Å²) in [7, 11) is 1.73. The number of imidazole rings is 1. The van der Waals surface area contributed by atoms with Crippen LogP contribution in [0.2, 0.25) is 0 Å². The van der Waals surface area contributed by atoms with Crippen LogP contribution in [-0.4, -0.2) is 66.8 Å². The van der Waals surface area contributed by atoms with Crippen molar-refractivity contribution in [1.29, 1.82) is 0 Å². The standard InChI is InChI=1S/C26H34N6O.HI/c1-3-27-26(31-19-17-30(18-20-31)23-11-7-8-12-24(23)33-2)29-14-13-25-28-15-16-32(25)21-22-9-5-4-6-10-22;/h4-12,15-16H,3,13-14,17-21H2,1-2H3,(H,27,29);1H. The van der Waals surface area contributed by atoms with Gasteiger partial charge in [-0.2, -0.15) is 0 Å². The Balaban J connectivity index is 0.00000324. The number of aromatic nitrogens is 2. The van der Waals surface area contributed by atoms with Crippen molar-refractivity contribution in [2.75, 3.05) is 51.3 Å². The Morgan fingerprint density at radius 2 is 1.76 bits per heavy atom. The molecule has 0 bridgehead atoms. The second-order valence-corrected chi connectivity index (χ2v) is 8.09. The van der Waals surface area contributed by atoms with Gasteiger partial charge in [0.05, 0.1) is 12.8 Å². The van der Waals surface area contributed by atoms with E-state index in [1.807, 2.05) is 30.6 Å². The van der Waals surface area contributed by atoms with E-state index in [0.717, 1.165) is 68.9 Å². The Morgan fingerprint density at radius 1 is 1.03 bits per heavy atom. The lowest BCUT2D eigenvalue weighted by Gasteiger charge is -2.38. The molecule has 0 aliphatic carbocycles. The Labute approximate surface area is 219 Å². The molecule has 0 atom stereocenters. The second-order valence-electron chi connectivity index (χ2n) is 8.09. The molecule has 182 valence electrons. The van der Waals surface area contributed by atoms with Crippen LogP contribution >= 0.6 is 24.0 Å². The van der Waals surface area contributed by atoms with Gasteiger partial charge in [-0.25, -0.2) is 4.98 Å². The molecule has 1 saturated heterocycles. The highest BCUT2D eigenvalue weighted by Crippen LogP contribution is 2.28. The summed E-state index contributed by atoms with van der Waals surface area (Å²) < 4.78 is 7.76. The van der Waals surface area contributed by atoms with Gasteiger partial charge in [-0.3, -0.25) is 4.99 Å². The Morgan fingerprint density at radius 3 is 2.50 bits per heavy atom. The van der Waals surface area contributed by atoms with Crippen molar-refractivity contribution in [2.45, 2.75) is 19.9 Å². The Hall–Kier alpha value is -2.75. The molecule has 1 aliphatic rings. The number of aliphatic imine (C=N–C) groups is 1. The number of nitrogens with zero attached hydrogens (tertiary/aromatic N) is 5. The van der Waals surface area contributed by atoms with Crippen molar-refractivity contribution in [2.24, 2.45) is 4.99 Å². The average molecular weight is 575 g/mol. The normalized spacial score (nSPS) is 14.0. The van der Waals surface area contributed by atoms with Crippen LogP contribution < -0.4 is 15.0 Å². The molecule has 34 heavy (non-hydrogen) atoms. The molecule has 1 N–H and O–H groups in total. The summed E-state index contributed by atoms with van der Waals surface area (Å²) >= 11 is 0. The third kappa shape index (κ3) is 6.65. The molecule has 2 heterocycles. The number of hydrogen-bond acceptors (Lipinski definition) is 4. The van der Waals surface area contributed by atoms with Crippen molar-refractivity contribution >= 4 is 35.6 Å². The van der Waals surface area contributed by atoms with E-state index in [2.05, 4.69) is 68.0 Å². The number of halogens is 1. The van der Waals surface area contributed by atoms with Gasteiger partial charge < -0.3 is 24.4 Å². The zero-order valence-corrected chi connectivity index (χ0v) is 22.4. The van der Waals surface area contributed by atoms with E-state index in [1.54, 1.807) is 7.11 Å². The molecular weight excluding hydrogens is 539 g/mol. The number of rotatable bonds is 8. The second kappa shape index (κ2) is 13.2. The summed E-state index contributed by atoms with van der Waals surface area (Å²) in [5.74, 6) is 2.98. The number of anilines is 1. The summed E-state index contributed by atoms with van der Waals surface area (Å²) in [5.41, 5.74) is 2.44. The fraction of sp³-hybridized carbons (Fsp3) is 0.385. The van der Waals surface area contributed by atoms with Crippen LogP contribution in [0.4, 0.5) is 5.69 Å². The average Bonchev–Trinajstić information content (AvgIpc) is 3.31. The van der Waals surface area contributed by atoms with Crippen LogP contribution in [0, 0.1) is 0 Å². The fourth-order valence-corrected chi connectivity index (χ4v) is 4.23. The number of hydrogen-bond donors (Lipinski definition) is 1. The maximum atomic E-state index is 5.55. The molecule has 3 aromatic rings. The minimum Gasteiger partial charge on any atom is -0.495 e. The zero-order valence-electron chi connectivity index (χ0n) is 20.1. The number of ether oxygens (including phenoxy) is 1.